The molecule has 1 aliphatic rings. The van der Waals surface area contributed by atoms with Crippen molar-refractivity contribution < 1.29 is 9.52 Å². The maximum atomic E-state index is 8.77. The van der Waals surface area contributed by atoms with Crippen molar-refractivity contribution in [2.24, 2.45) is 0 Å². The molecule has 1 aliphatic carbocycles. The maximum absolute atomic E-state index is 8.77. The molecular formula is C10H15NO2. The van der Waals surface area contributed by atoms with Gasteiger partial charge in [-0.25, -0.2) is 0 Å². The van der Waals surface area contributed by atoms with Gasteiger partial charge in [0.1, 0.15) is 18.1 Å². The molecule has 3 nitrogen and oxygen atoms in total. The van der Waals surface area contributed by atoms with E-state index < -0.39 is 0 Å². The van der Waals surface area contributed by atoms with Crippen molar-refractivity contribution in [2.75, 3.05) is 0 Å². The van der Waals surface area contributed by atoms with E-state index in [9.17, 15) is 0 Å². The fourth-order valence-corrected chi connectivity index (χ4v) is 1.46. The number of hydrogen-bond donors (Lipinski definition) is 2. The van der Waals surface area contributed by atoms with Gasteiger partial charge in [-0.3, -0.25) is 0 Å². The molecule has 0 bridgehead atoms. The van der Waals surface area contributed by atoms with Gasteiger partial charge in [-0.2, -0.15) is 0 Å². The van der Waals surface area contributed by atoms with E-state index in [1.165, 1.54) is 19.3 Å². The van der Waals surface area contributed by atoms with Crippen LogP contribution in [0.5, 0.6) is 0 Å². The highest BCUT2D eigenvalue weighted by molar-refractivity contribution is 5.06. The van der Waals surface area contributed by atoms with E-state index in [0.29, 0.717) is 11.8 Å². The number of nitrogens with one attached hydrogen (secondary N) is 1. The molecular weight excluding hydrogens is 166 g/mol. The Morgan fingerprint density at radius 2 is 2.15 bits per heavy atom. The zero-order valence-corrected chi connectivity index (χ0v) is 7.62. The van der Waals surface area contributed by atoms with Gasteiger partial charge in [-0.05, 0) is 25.0 Å². The minimum absolute atomic E-state index is 0.0105. The third-order valence-corrected chi connectivity index (χ3v) is 2.54. The molecule has 1 heterocycles. The first-order chi connectivity index (χ1) is 6.38. The molecule has 3 heteroatoms. The summed E-state index contributed by atoms with van der Waals surface area (Å²) in [6.07, 6.45) is 3.92. The summed E-state index contributed by atoms with van der Waals surface area (Å²) in [5.41, 5.74) is 0. The average Bonchev–Trinajstić information content (AvgIpc) is 2.49. The molecule has 72 valence electrons. The van der Waals surface area contributed by atoms with Gasteiger partial charge in [0.25, 0.3) is 0 Å². The lowest BCUT2D eigenvalue weighted by Crippen LogP contribution is -2.34. The lowest BCUT2D eigenvalue weighted by molar-refractivity contribution is 0.240. The molecule has 1 aromatic heterocycles. The van der Waals surface area contributed by atoms with Crippen LogP contribution in [0.1, 0.15) is 30.8 Å². The van der Waals surface area contributed by atoms with Gasteiger partial charge in [0.2, 0.25) is 0 Å². The second-order valence-electron chi connectivity index (χ2n) is 3.53. The molecule has 0 unspecified atom stereocenters. The van der Waals surface area contributed by atoms with Gasteiger partial charge >= 0.3 is 0 Å². The molecule has 13 heavy (non-hydrogen) atoms. The molecule has 0 atom stereocenters. The smallest absolute Gasteiger partial charge is 0.129 e. The van der Waals surface area contributed by atoms with Crippen LogP contribution < -0.4 is 5.32 Å². The molecule has 1 saturated carbocycles. The zero-order valence-electron chi connectivity index (χ0n) is 7.62. The fourth-order valence-electron chi connectivity index (χ4n) is 1.46. The summed E-state index contributed by atoms with van der Waals surface area (Å²) in [5, 5.41) is 12.2. The molecule has 0 radical (unpaired) electrons. The standard InChI is InChI=1S/C10H15NO2/c12-7-10-5-4-9(13-10)6-11-8-2-1-3-8/h4-5,8,11-12H,1-3,6-7H2. The Morgan fingerprint density at radius 3 is 2.69 bits per heavy atom. The molecule has 1 fully saturated rings. The van der Waals surface area contributed by atoms with Crippen molar-refractivity contribution in [3.63, 3.8) is 0 Å². The summed E-state index contributed by atoms with van der Waals surface area (Å²) in [7, 11) is 0. The molecule has 0 aliphatic heterocycles. The van der Waals surface area contributed by atoms with Gasteiger partial charge in [0.05, 0.1) is 6.54 Å². The van der Waals surface area contributed by atoms with Crippen LogP contribution in [0.4, 0.5) is 0 Å². The highest BCUT2D eigenvalue weighted by atomic mass is 16.4. The van der Waals surface area contributed by atoms with Crippen LogP contribution in [0.25, 0.3) is 0 Å². The van der Waals surface area contributed by atoms with Crippen molar-refractivity contribution in [1.29, 1.82) is 0 Å². The zero-order chi connectivity index (χ0) is 9.10. The molecule has 0 spiro atoms. The second-order valence-corrected chi connectivity index (χ2v) is 3.53. The van der Waals surface area contributed by atoms with Crippen molar-refractivity contribution in [2.45, 2.75) is 38.5 Å². The van der Waals surface area contributed by atoms with E-state index in [2.05, 4.69) is 5.32 Å². The minimum Gasteiger partial charge on any atom is -0.462 e. The topological polar surface area (TPSA) is 45.4 Å². The van der Waals surface area contributed by atoms with Crippen molar-refractivity contribution in [3.05, 3.63) is 23.7 Å². The lowest BCUT2D eigenvalue weighted by Gasteiger charge is -2.25. The van der Waals surface area contributed by atoms with Crippen LogP contribution in [0, 0.1) is 0 Å². The Morgan fingerprint density at radius 1 is 1.38 bits per heavy atom. The largest absolute Gasteiger partial charge is 0.462 e. The SMILES string of the molecule is OCc1ccc(CNC2CCC2)o1. The highest BCUT2D eigenvalue weighted by Crippen LogP contribution is 2.18. The first kappa shape index (κ1) is 8.78. The van der Waals surface area contributed by atoms with Gasteiger partial charge in [-0.15, -0.1) is 0 Å². The Bertz CT molecular complexity index is 266. The predicted molar refractivity (Wildman–Crippen MR) is 49.1 cm³/mol. The van der Waals surface area contributed by atoms with Crippen molar-refractivity contribution >= 4 is 0 Å². The summed E-state index contributed by atoms with van der Waals surface area (Å²) in [5.74, 6) is 1.56. The van der Waals surface area contributed by atoms with Crippen LogP contribution >= 0.6 is 0 Å². The molecule has 2 rings (SSSR count). The molecule has 0 amide bonds. The third kappa shape index (κ3) is 2.11. The van der Waals surface area contributed by atoms with Crippen molar-refractivity contribution in [3.8, 4) is 0 Å². The predicted octanol–water partition coefficient (Wildman–Crippen LogP) is 1.41. The van der Waals surface area contributed by atoms with E-state index in [1.807, 2.05) is 12.1 Å². The van der Waals surface area contributed by atoms with Gasteiger partial charge in [0, 0.05) is 6.04 Å². The van der Waals surface area contributed by atoms with Gasteiger partial charge in [-0.1, -0.05) is 6.42 Å². The van der Waals surface area contributed by atoms with Crippen LogP contribution in [0.3, 0.4) is 0 Å². The van der Waals surface area contributed by atoms with Crippen LogP contribution in [-0.2, 0) is 13.2 Å². The first-order valence-electron chi connectivity index (χ1n) is 4.80. The third-order valence-electron chi connectivity index (χ3n) is 2.54. The quantitative estimate of drug-likeness (QED) is 0.738. The van der Waals surface area contributed by atoms with E-state index in [-0.39, 0.29) is 6.61 Å². The number of hydrogen-bond acceptors (Lipinski definition) is 3. The monoisotopic (exact) mass is 181 g/mol. The number of rotatable bonds is 4. The molecule has 0 saturated heterocycles. The van der Waals surface area contributed by atoms with Crippen LogP contribution in [0.2, 0.25) is 0 Å². The summed E-state index contributed by atoms with van der Waals surface area (Å²) >= 11 is 0. The summed E-state index contributed by atoms with van der Waals surface area (Å²) in [4.78, 5) is 0. The number of aliphatic hydroxyl groups is 1. The van der Waals surface area contributed by atoms with E-state index >= 15 is 0 Å². The normalized spacial score (nSPS) is 17.3. The Labute approximate surface area is 77.8 Å². The Kier molecular flexibility index (Phi) is 2.66. The van der Waals surface area contributed by atoms with Crippen LogP contribution in [0.15, 0.2) is 16.5 Å². The molecule has 2 N–H and O–H groups in total. The lowest BCUT2D eigenvalue weighted by atomic mass is 9.93. The first-order valence-corrected chi connectivity index (χ1v) is 4.80. The minimum atomic E-state index is -0.0105. The van der Waals surface area contributed by atoms with E-state index in [1.54, 1.807) is 0 Å². The van der Waals surface area contributed by atoms with E-state index in [4.69, 9.17) is 9.52 Å². The summed E-state index contributed by atoms with van der Waals surface area (Å²) < 4.78 is 5.34. The highest BCUT2D eigenvalue weighted by Gasteiger charge is 2.16. The van der Waals surface area contributed by atoms with Crippen LogP contribution in [-0.4, -0.2) is 11.1 Å². The summed E-state index contributed by atoms with van der Waals surface area (Å²) in [6.45, 7) is 0.772. The van der Waals surface area contributed by atoms with Crippen molar-refractivity contribution in [1.82, 2.24) is 5.32 Å². The van der Waals surface area contributed by atoms with Gasteiger partial charge < -0.3 is 14.8 Å². The average molecular weight is 181 g/mol. The number of furan rings is 1. The maximum Gasteiger partial charge on any atom is 0.129 e. The van der Waals surface area contributed by atoms with E-state index in [0.717, 1.165) is 12.3 Å². The fraction of sp³-hybridized carbons (Fsp3) is 0.600. The Balaban J connectivity index is 1.79. The second kappa shape index (κ2) is 3.94. The Hall–Kier alpha value is -0.800. The molecule has 0 aromatic carbocycles. The number of aliphatic hydroxyl groups excluding tert-OH is 1. The van der Waals surface area contributed by atoms with Gasteiger partial charge in [0.15, 0.2) is 0 Å². The summed E-state index contributed by atoms with van der Waals surface area (Å²) in [6, 6.07) is 4.41. The molecule has 1 aromatic rings.